The molecule has 0 spiro atoms. The number of carbonyl (C=O) groups is 1. The minimum Gasteiger partial charge on any atom is -0.497 e. The Hall–Kier alpha value is -3.60. The van der Waals surface area contributed by atoms with E-state index in [1.807, 2.05) is 74.5 Å². The summed E-state index contributed by atoms with van der Waals surface area (Å²) in [6.45, 7) is 3.98. The first kappa shape index (κ1) is 19.2. The van der Waals surface area contributed by atoms with E-state index >= 15 is 0 Å². The van der Waals surface area contributed by atoms with E-state index in [-0.39, 0.29) is 11.7 Å². The molecule has 0 aliphatic heterocycles. The van der Waals surface area contributed by atoms with Crippen LogP contribution in [0.25, 0.3) is 0 Å². The molecule has 3 rings (SSSR count). The molecule has 5 nitrogen and oxygen atoms in total. The van der Waals surface area contributed by atoms with E-state index in [4.69, 9.17) is 4.74 Å². The SMILES string of the molecule is COc1ccc(N=C(Nc2cccc(C)c2)C(=O)Nc2cccc(C)c2)cc1. The fourth-order valence-corrected chi connectivity index (χ4v) is 2.69. The lowest BCUT2D eigenvalue weighted by atomic mass is 10.2. The molecule has 28 heavy (non-hydrogen) atoms. The first-order chi connectivity index (χ1) is 13.5. The summed E-state index contributed by atoms with van der Waals surface area (Å²) in [6, 6.07) is 22.7. The van der Waals surface area contributed by atoms with Gasteiger partial charge in [-0.05, 0) is 73.5 Å². The number of aryl methyl sites for hydroxylation is 2. The normalized spacial score (nSPS) is 11.0. The number of ether oxygens (including phenoxy) is 1. The third-order valence-corrected chi connectivity index (χ3v) is 4.09. The molecule has 0 radical (unpaired) electrons. The molecule has 0 aromatic heterocycles. The highest BCUT2D eigenvalue weighted by Crippen LogP contribution is 2.19. The van der Waals surface area contributed by atoms with Gasteiger partial charge in [0.1, 0.15) is 5.75 Å². The van der Waals surface area contributed by atoms with Crippen LogP contribution in [-0.2, 0) is 4.79 Å². The summed E-state index contributed by atoms with van der Waals surface area (Å²) >= 11 is 0. The topological polar surface area (TPSA) is 62.7 Å². The van der Waals surface area contributed by atoms with E-state index in [0.717, 1.165) is 28.3 Å². The number of amides is 1. The maximum atomic E-state index is 12.9. The highest BCUT2D eigenvalue weighted by atomic mass is 16.5. The fourth-order valence-electron chi connectivity index (χ4n) is 2.69. The molecule has 0 atom stereocenters. The number of aliphatic imine (C=N–C) groups is 1. The molecule has 1 amide bonds. The van der Waals surface area contributed by atoms with Crippen molar-refractivity contribution in [3.63, 3.8) is 0 Å². The maximum Gasteiger partial charge on any atom is 0.291 e. The molecule has 142 valence electrons. The Morgan fingerprint density at radius 3 is 1.93 bits per heavy atom. The predicted molar refractivity (Wildman–Crippen MR) is 115 cm³/mol. The molecule has 3 aromatic carbocycles. The van der Waals surface area contributed by atoms with Crippen molar-refractivity contribution in [2.45, 2.75) is 13.8 Å². The molecule has 3 aromatic rings. The van der Waals surface area contributed by atoms with Crippen LogP contribution in [0.5, 0.6) is 5.75 Å². The lowest BCUT2D eigenvalue weighted by molar-refractivity contribution is -0.110. The van der Waals surface area contributed by atoms with Crippen LogP contribution in [0, 0.1) is 13.8 Å². The number of nitrogens with zero attached hydrogens (tertiary/aromatic N) is 1. The number of hydrogen-bond donors (Lipinski definition) is 2. The van der Waals surface area contributed by atoms with Gasteiger partial charge in [-0.1, -0.05) is 24.3 Å². The van der Waals surface area contributed by atoms with Crippen LogP contribution in [0.1, 0.15) is 11.1 Å². The average molecular weight is 373 g/mol. The lowest BCUT2D eigenvalue weighted by Gasteiger charge is -2.12. The molecule has 0 bridgehead atoms. The standard InChI is InChI=1S/C23H23N3O2/c1-16-6-4-8-19(14-16)25-22(24-18-10-12-21(28-3)13-11-18)23(27)26-20-9-5-7-17(2)15-20/h4-15H,1-3H3,(H,24,25)(H,26,27). The van der Waals surface area contributed by atoms with Gasteiger partial charge in [-0.15, -0.1) is 0 Å². The van der Waals surface area contributed by atoms with Crippen LogP contribution in [0.2, 0.25) is 0 Å². The highest BCUT2D eigenvalue weighted by molar-refractivity contribution is 6.46. The summed E-state index contributed by atoms with van der Waals surface area (Å²) < 4.78 is 5.18. The Morgan fingerprint density at radius 1 is 0.821 bits per heavy atom. The molecule has 0 aliphatic carbocycles. The van der Waals surface area contributed by atoms with Crippen LogP contribution in [0.15, 0.2) is 77.8 Å². The van der Waals surface area contributed by atoms with E-state index < -0.39 is 0 Å². The fraction of sp³-hybridized carbons (Fsp3) is 0.130. The number of nitrogens with one attached hydrogen (secondary N) is 2. The minimum absolute atomic E-state index is 0.206. The summed E-state index contributed by atoms with van der Waals surface area (Å²) in [4.78, 5) is 17.4. The molecular formula is C23H23N3O2. The van der Waals surface area contributed by atoms with Gasteiger partial charge in [0, 0.05) is 11.4 Å². The van der Waals surface area contributed by atoms with Gasteiger partial charge in [0.25, 0.3) is 5.91 Å². The molecule has 2 N–H and O–H groups in total. The van der Waals surface area contributed by atoms with Crippen molar-refractivity contribution in [2.24, 2.45) is 4.99 Å². The van der Waals surface area contributed by atoms with Gasteiger partial charge < -0.3 is 15.4 Å². The third kappa shape index (κ3) is 5.20. The second kappa shape index (κ2) is 8.86. The number of benzene rings is 3. The van der Waals surface area contributed by atoms with Gasteiger partial charge >= 0.3 is 0 Å². The summed E-state index contributed by atoms with van der Waals surface area (Å²) in [5.41, 5.74) is 4.33. The third-order valence-electron chi connectivity index (χ3n) is 4.09. The molecular weight excluding hydrogens is 350 g/mol. The van der Waals surface area contributed by atoms with E-state index in [1.54, 1.807) is 19.2 Å². The second-order valence-electron chi connectivity index (χ2n) is 6.48. The molecule has 0 saturated carbocycles. The monoisotopic (exact) mass is 373 g/mol. The zero-order chi connectivity index (χ0) is 19.9. The van der Waals surface area contributed by atoms with Crippen LogP contribution in [0.3, 0.4) is 0 Å². The molecule has 0 aliphatic rings. The van der Waals surface area contributed by atoms with Gasteiger partial charge in [-0.25, -0.2) is 4.99 Å². The van der Waals surface area contributed by atoms with E-state index in [9.17, 15) is 4.79 Å². The van der Waals surface area contributed by atoms with Crippen molar-refractivity contribution < 1.29 is 9.53 Å². The van der Waals surface area contributed by atoms with Crippen LogP contribution in [-0.4, -0.2) is 18.9 Å². The van der Waals surface area contributed by atoms with Gasteiger partial charge in [-0.3, -0.25) is 4.79 Å². The summed E-state index contributed by atoms with van der Waals surface area (Å²) in [7, 11) is 1.61. The summed E-state index contributed by atoms with van der Waals surface area (Å²) in [5.74, 6) is 0.622. The van der Waals surface area contributed by atoms with Crippen molar-refractivity contribution in [1.82, 2.24) is 0 Å². The first-order valence-electron chi connectivity index (χ1n) is 8.98. The van der Waals surface area contributed by atoms with Crippen LogP contribution >= 0.6 is 0 Å². The van der Waals surface area contributed by atoms with Gasteiger partial charge in [-0.2, -0.15) is 0 Å². The molecule has 0 heterocycles. The van der Waals surface area contributed by atoms with E-state index in [2.05, 4.69) is 15.6 Å². The van der Waals surface area contributed by atoms with Gasteiger partial charge in [0.15, 0.2) is 5.84 Å². The zero-order valence-corrected chi connectivity index (χ0v) is 16.2. The van der Waals surface area contributed by atoms with Crippen molar-refractivity contribution in [3.05, 3.63) is 83.9 Å². The largest absolute Gasteiger partial charge is 0.497 e. The summed E-state index contributed by atoms with van der Waals surface area (Å²) in [5, 5.41) is 6.04. The van der Waals surface area contributed by atoms with E-state index in [0.29, 0.717) is 5.69 Å². The summed E-state index contributed by atoms with van der Waals surface area (Å²) in [6.07, 6.45) is 0. The Labute approximate surface area is 165 Å². The molecule has 0 unspecified atom stereocenters. The zero-order valence-electron chi connectivity index (χ0n) is 16.2. The highest BCUT2D eigenvalue weighted by Gasteiger charge is 2.13. The Balaban J connectivity index is 1.90. The minimum atomic E-state index is -0.317. The number of anilines is 2. The smallest absolute Gasteiger partial charge is 0.291 e. The Kier molecular flexibility index (Phi) is 6.07. The van der Waals surface area contributed by atoms with Gasteiger partial charge in [0.2, 0.25) is 0 Å². The number of rotatable bonds is 4. The Bertz CT molecular complexity index is 995. The Morgan fingerprint density at radius 2 is 1.39 bits per heavy atom. The molecule has 0 saturated heterocycles. The maximum absolute atomic E-state index is 12.9. The number of hydrogen-bond acceptors (Lipinski definition) is 3. The quantitative estimate of drug-likeness (QED) is 0.494. The number of carbonyl (C=O) groups excluding carboxylic acids is 1. The van der Waals surface area contributed by atoms with Crippen LogP contribution < -0.4 is 15.4 Å². The van der Waals surface area contributed by atoms with Crippen molar-refractivity contribution >= 4 is 28.8 Å². The number of methoxy groups -OCH3 is 1. The number of amidine groups is 1. The molecule has 5 heteroatoms. The van der Waals surface area contributed by atoms with Crippen molar-refractivity contribution in [3.8, 4) is 5.75 Å². The van der Waals surface area contributed by atoms with Gasteiger partial charge in [0.05, 0.1) is 12.8 Å². The van der Waals surface area contributed by atoms with E-state index in [1.165, 1.54) is 0 Å². The molecule has 0 fully saturated rings. The van der Waals surface area contributed by atoms with Crippen molar-refractivity contribution in [2.75, 3.05) is 17.7 Å². The second-order valence-corrected chi connectivity index (χ2v) is 6.48. The van der Waals surface area contributed by atoms with Crippen LogP contribution in [0.4, 0.5) is 17.1 Å². The average Bonchev–Trinajstić information content (AvgIpc) is 2.68. The van der Waals surface area contributed by atoms with Crippen molar-refractivity contribution in [1.29, 1.82) is 0 Å². The predicted octanol–water partition coefficient (Wildman–Crippen LogP) is 5.09. The lowest BCUT2D eigenvalue weighted by Crippen LogP contribution is -2.29. The first-order valence-corrected chi connectivity index (χ1v) is 8.98.